The maximum absolute atomic E-state index is 13.8. The van der Waals surface area contributed by atoms with Crippen molar-refractivity contribution >= 4 is 0 Å². The van der Waals surface area contributed by atoms with Crippen LogP contribution in [0.1, 0.15) is 13.9 Å². The standard InChI is InChI=1S/C14H10F4O/c15-13(16,11-7-3-1-4-8-11)19-14(17,18)12-9-5-2-6-10-12/h1-10H/i7D,9D. The monoisotopic (exact) mass is 272 g/mol. The van der Waals surface area contributed by atoms with Gasteiger partial charge in [0.1, 0.15) is 0 Å². The van der Waals surface area contributed by atoms with Gasteiger partial charge in [-0.1, -0.05) is 60.6 Å². The molecule has 2 rings (SSSR count). The normalized spacial score (nSPS) is 13.9. The zero-order valence-electron chi connectivity index (χ0n) is 11.5. The molecule has 0 heterocycles. The zero-order chi connectivity index (χ0) is 15.7. The lowest BCUT2D eigenvalue weighted by Crippen LogP contribution is -2.29. The predicted molar refractivity (Wildman–Crippen MR) is 61.8 cm³/mol. The predicted octanol–water partition coefficient (Wildman–Crippen LogP) is 4.50. The maximum atomic E-state index is 13.8. The van der Waals surface area contributed by atoms with Gasteiger partial charge in [-0.05, 0) is 0 Å². The fraction of sp³-hybridized carbons (Fsp3) is 0.143. The molecule has 0 aliphatic rings. The Kier molecular flexibility index (Phi) is 2.90. The van der Waals surface area contributed by atoms with E-state index in [9.17, 15) is 17.6 Å². The SMILES string of the molecule is [2H]c1ccccc1C(F)(F)OC(F)(F)c1ccccc1[2H]. The van der Waals surface area contributed by atoms with Gasteiger partial charge >= 0.3 is 12.2 Å². The topological polar surface area (TPSA) is 9.23 Å². The molecule has 2 aromatic rings. The first-order valence-corrected chi connectivity index (χ1v) is 5.32. The van der Waals surface area contributed by atoms with Crippen LogP contribution in [0, 0.1) is 0 Å². The minimum Gasteiger partial charge on any atom is -0.247 e. The van der Waals surface area contributed by atoms with Crippen LogP contribution < -0.4 is 0 Å². The summed E-state index contributed by atoms with van der Waals surface area (Å²) in [4.78, 5) is 0. The Morgan fingerprint density at radius 1 is 0.737 bits per heavy atom. The highest BCUT2D eigenvalue weighted by Crippen LogP contribution is 2.40. The molecule has 0 spiro atoms. The van der Waals surface area contributed by atoms with Gasteiger partial charge in [-0.15, -0.1) is 0 Å². The van der Waals surface area contributed by atoms with Crippen LogP contribution in [0.15, 0.2) is 60.6 Å². The number of hydrogen-bond donors (Lipinski definition) is 0. The Morgan fingerprint density at radius 3 is 1.53 bits per heavy atom. The van der Waals surface area contributed by atoms with Gasteiger partial charge in [-0.2, -0.15) is 17.6 Å². The van der Waals surface area contributed by atoms with Crippen LogP contribution in [0.2, 0.25) is 0 Å². The van der Waals surface area contributed by atoms with Gasteiger partial charge in [0, 0.05) is 0 Å². The fourth-order valence-corrected chi connectivity index (χ4v) is 1.42. The third kappa shape index (κ3) is 3.12. The largest absolute Gasteiger partial charge is 0.388 e. The summed E-state index contributed by atoms with van der Waals surface area (Å²) in [6, 6.07) is 7.60. The molecule has 100 valence electrons. The van der Waals surface area contributed by atoms with E-state index < -0.39 is 35.4 Å². The fourth-order valence-electron chi connectivity index (χ4n) is 1.42. The highest BCUT2D eigenvalue weighted by molar-refractivity contribution is 5.20. The average Bonchev–Trinajstić information content (AvgIpc) is 2.38. The molecule has 0 fully saturated rings. The maximum Gasteiger partial charge on any atom is 0.388 e. The second-order valence-corrected chi connectivity index (χ2v) is 3.69. The second-order valence-electron chi connectivity index (χ2n) is 3.69. The first kappa shape index (κ1) is 11.0. The lowest BCUT2D eigenvalue weighted by molar-refractivity contribution is -0.391. The summed E-state index contributed by atoms with van der Waals surface area (Å²) in [5.41, 5.74) is -1.93. The lowest BCUT2D eigenvalue weighted by Gasteiger charge is -2.24. The Bertz CT molecular complexity index is 591. The lowest BCUT2D eigenvalue weighted by atomic mass is 10.2. The number of halogens is 4. The number of hydrogen-bond acceptors (Lipinski definition) is 1. The van der Waals surface area contributed by atoms with Crippen LogP contribution >= 0.6 is 0 Å². The van der Waals surface area contributed by atoms with E-state index in [0.717, 1.165) is 24.3 Å². The van der Waals surface area contributed by atoms with Crippen molar-refractivity contribution in [1.82, 2.24) is 0 Å². The third-order valence-corrected chi connectivity index (χ3v) is 2.30. The molecular weight excluding hydrogens is 260 g/mol. The summed E-state index contributed by atoms with van der Waals surface area (Å²) < 4.78 is 73.7. The quantitative estimate of drug-likeness (QED) is 0.744. The van der Waals surface area contributed by atoms with Gasteiger partial charge in [0.25, 0.3) is 0 Å². The van der Waals surface area contributed by atoms with Crippen molar-refractivity contribution in [2.24, 2.45) is 0 Å². The van der Waals surface area contributed by atoms with Gasteiger partial charge in [0.05, 0.1) is 13.9 Å². The van der Waals surface area contributed by atoms with Gasteiger partial charge in [-0.3, -0.25) is 0 Å². The van der Waals surface area contributed by atoms with Crippen LogP contribution in [-0.2, 0) is 17.0 Å². The van der Waals surface area contributed by atoms with Gasteiger partial charge < -0.3 is 0 Å². The van der Waals surface area contributed by atoms with E-state index in [-0.39, 0.29) is 0 Å². The summed E-state index contributed by atoms with van der Waals surface area (Å²) in [6.07, 6.45) is -8.71. The first-order valence-electron chi connectivity index (χ1n) is 6.32. The third-order valence-electron chi connectivity index (χ3n) is 2.30. The van der Waals surface area contributed by atoms with E-state index in [1.807, 2.05) is 0 Å². The second kappa shape index (κ2) is 5.01. The number of benzene rings is 2. The van der Waals surface area contributed by atoms with Crippen molar-refractivity contribution in [3.8, 4) is 0 Å². The first-order chi connectivity index (χ1) is 9.74. The Morgan fingerprint density at radius 2 is 1.16 bits per heavy atom. The molecule has 0 unspecified atom stereocenters. The van der Waals surface area contributed by atoms with E-state index in [4.69, 9.17) is 2.74 Å². The Hall–Kier alpha value is -1.88. The minimum atomic E-state index is -4.36. The summed E-state index contributed by atoms with van der Waals surface area (Å²) in [5.74, 6) is 0. The molecule has 0 radical (unpaired) electrons. The highest BCUT2D eigenvalue weighted by Gasteiger charge is 2.46. The molecule has 19 heavy (non-hydrogen) atoms. The van der Waals surface area contributed by atoms with Crippen LogP contribution in [0.25, 0.3) is 0 Å². The number of ether oxygens (including phenoxy) is 1. The summed E-state index contributed by atoms with van der Waals surface area (Å²) in [6.45, 7) is 0. The van der Waals surface area contributed by atoms with Crippen molar-refractivity contribution in [2.45, 2.75) is 12.2 Å². The molecule has 0 saturated heterocycles. The zero-order valence-corrected chi connectivity index (χ0v) is 9.54. The molecule has 0 aromatic heterocycles. The molecule has 0 N–H and O–H groups in total. The molecule has 0 aliphatic carbocycles. The number of rotatable bonds is 4. The molecule has 0 aliphatic heterocycles. The Balaban J connectivity index is 2.36. The van der Waals surface area contributed by atoms with Gasteiger partial charge in [0.15, 0.2) is 0 Å². The highest BCUT2D eigenvalue weighted by atomic mass is 19.3. The van der Waals surface area contributed by atoms with Crippen LogP contribution in [0.4, 0.5) is 17.6 Å². The van der Waals surface area contributed by atoms with E-state index in [1.54, 1.807) is 0 Å². The smallest absolute Gasteiger partial charge is 0.247 e. The van der Waals surface area contributed by atoms with Gasteiger partial charge in [-0.25, -0.2) is 4.74 Å². The molecular formula is C14H10F4O. The number of alkyl halides is 4. The summed E-state index contributed by atoms with van der Waals surface area (Å²) >= 11 is 0. The van der Waals surface area contributed by atoms with Crippen molar-refractivity contribution in [3.05, 3.63) is 71.7 Å². The minimum absolute atomic E-state index is 0.613. The van der Waals surface area contributed by atoms with Crippen LogP contribution in [-0.4, -0.2) is 0 Å². The molecule has 0 bridgehead atoms. The molecule has 0 saturated carbocycles. The van der Waals surface area contributed by atoms with Crippen molar-refractivity contribution in [2.75, 3.05) is 0 Å². The van der Waals surface area contributed by atoms with Crippen molar-refractivity contribution in [1.29, 1.82) is 0 Å². The molecule has 0 amide bonds. The molecule has 5 heteroatoms. The van der Waals surface area contributed by atoms with E-state index in [0.29, 0.717) is 0 Å². The summed E-state index contributed by atoms with van der Waals surface area (Å²) in [7, 11) is 0. The van der Waals surface area contributed by atoms with Crippen LogP contribution in [0.3, 0.4) is 0 Å². The van der Waals surface area contributed by atoms with Gasteiger partial charge in [0.2, 0.25) is 0 Å². The molecule has 0 atom stereocenters. The van der Waals surface area contributed by atoms with E-state index in [2.05, 4.69) is 4.74 Å². The van der Waals surface area contributed by atoms with Crippen LogP contribution in [0.5, 0.6) is 0 Å². The van der Waals surface area contributed by atoms with E-state index >= 15 is 0 Å². The van der Waals surface area contributed by atoms with Crippen molar-refractivity contribution in [3.63, 3.8) is 0 Å². The summed E-state index contributed by atoms with van der Waals surface area (Å²) in [5, 5.41) is 0. The molecule has 1 nitrogen and oxygen atoms in total. The Labute approximate surface area is 110 Å². The average molecular weight is 272 g/mol. The van der Waals surface area contributed by atoms with Crippen molar-refractivity contribution < 1.29 is 25.0 Å². The van der Waals surface area contributed by atoms with E-state index in [1.165, 1.54) is 24.3 Å². The molecule has 2 aromatic carbocycles.